The summed E-state index contributed by atoms with van der Waals surface area (Å²) in [5.41, 5.74) is 6.86. The van der Waals surface area contributed by atoms with Crippen LogP contribution in [0, 0.1) is 11.3 Å². The van der Waals surface area contributed by atoms with Crippen molar-refractivity contribution in [3.8, 4) is 0 Å². The van der Waals surface area contributed by atoms with E-state index in [-0.39, 0.29) is 5.54 Å². The van der Waals surface area contributed by atoms with E-state index in [1.807, 2.05) is 0 Å². The summed E-state index contributed by atoms with van der Waals surface area (Å²) in [5, 5.41) is 0. The van der Waals surface area contributed by atoms with Crippen molar-refractivity contribution in [1.82, 2.24) is 4.90 Å². The second-order valence-electron chi connectivity index (χ2n) is 8.02. The van der Waals surface area contributed by atoms with Crippen LogP contribution in [0.5, 0.6) is 0 Å². The van der Waals surface area contributed by atoms with Gasteiger partial charge in [0, 0.05) is 6.04 Å². The Balaban J connectivity index is 2.15. The Bertz CT molecular complexity index is 369. The number of guanidine groups is 1. The van der Waals surface area contributed by atoms with Gasteiger partial charge in [-0.05, 0) is 50.4 Å². The Morgan fingerprint density at radius 2 is 2.05 bits per heavy atom. The van der Waals surface area contributed by atoms with Gasteiger partial charge in [-0.15, -0.1) is 0 Å². The second-order valence-corrected chi connectivity index (χ2v) is 8.02. The highest BCUT2D eigenvalue weighted by Crippen LogP contribution is 2.43. The van der Waals surface area contributed by atoms with Crippen LogP contribution in [-0.4, -0.2) is 29.0 Å². The van der Waals surface area contributed by atoms with E-state index in [9.17, 15) is 0 Å². The van der Waals surface area contributed by atoms with E-state index in [0.29, 0.717) is 11.5 Å². The van der Waals surface area contributed by atoms with Gasteiger partial charge in [0.1, 0.15) is 0 Å². The summed E-state index contributed by atoms with van der Waals surface area (Å²) in [4.78, 5) is 7.07. The van der Waals surface area contributed by atoms with Gasteiger partial charge in [0.25, 0.3) is 0 Å². The first-order valence-electron chi connectivity index (χ1n) is 8.39. The van der Waals surface area contributed by atoms with Gasteiger partial charge in [-0.25, -0.2) is 0 Å². The predicted molar refractivity (Wildman–Crippen MR) is 86.8 cm³/mol. The van der Waals surface area contributed by atoms with Crippen LogP contribution in [0.4, 0.5) is 0 Å². The molecular weight excluding hydrogens is 246 g/mol. The summed E-state index contributed by atoms with van der Waals surface area (Å²) in [6.07, 6.45) is 7.65. The lowest BCUT2D eigenvalue weighted by molar-refractivity contribution is 0.127. The Labute approximate surface area is 125 Å². The third-order valence-electron chi connectivity index (χ3n) is 5.70. The second kappa shape index (κ2) is 5.57. The van der Waals surface area contributed by atoms with Gasteiger partial charge in [-0.1, -0.05) is 34.1 Å². The van der Waals surface area contributed by atoms with Crippen LogP contribution < -0.4 is 5.73 Å². The Morgan fingerprint density at radius 1 is 1.35 bits per heavy atom. The minimum absolute atomic E-state index is 0.222. The summed E-state index contributed by atoms with van der Waals surface area (Å²) < 4.78 is 0. The molecule has 3 heteroatoms. The van der Waals surface area contributed by atoms with Crippen molar-refractivity contribution in [1.29, 1.82) is 0 Å². The largest absolute Gasteiger partial charge is 0.370 e. The van der Waals surface area contributed by atoms with Crippen LogP contribution in [0.15, 0.2) is 4.99 Å². The fourth-order valence-electron chi connectivity index (χ4n) is 4.15. The third kappa shape index (κ3) is 2.82. The molecule has 1 fully saturated rings. The summed E-state index contributed by atoms with van der Waals surface area (Å²) in [5.74, 6) is 1.62. The average Bonchev–Trinajstić information content (AvgIpc) is 2.57. The van der Waals surface area contributed by atoms with Crippen LogP contribution in [0.25, 0.3) is 0 Å². The zero-order chi connectivity index (χ0) is 15.0. The van der Waals surface area contributed by atoms with Crippen LogP contribution in [-0.2, 0) is 0 Å². The molecule has 1 spiro atoms. The van der Waals surface area contributed by atoms with Crippen molar-refractivity contribution in [2.24, 2.45) is 22.1 Å². The van der Waals surface area contributed by atoms with E-state index in [0.717, 1.165) is 24.8 Å². The van der Waals surface area contributed by atoms with Gasteiger partial charge in [0.2, 0.25) is 0 Å². The predicted octanol–water partition coefficient (Wildman–Crippen LogP) is 3.78. The molecule has 0 radical (unpaired) electrons. The smallest absolute Gasteiger partial charge is 0.192 e. The van der Waals surface area contributed by atoms with Crippen LogP contribution in [0.1, 0.15) is 73.1 Å². The topological polar surface area (TPSA) is 41.6 Å². The van der Waals surface area contributed by atoms with Crippen LogP contribution >= 0.6 is 0 Å². The molecule has 2 N–H and O–H groups in total. The van der Waals surface area contributed by atoms with Crippen LogP contribution in [0.2, 0.25) is 0 Å². The molecule has 0 bridgehead atoms. The van der Waals surface area contributed by atoms with Gasteiger partial charge in [-0.3, -0.25) is 4.99 Å². The molecular formula is C17H33N3. The zero-order valence-corrected chi connectivity index (χ0v) is 14.1. The normalized spacial score (nSPS) is 33.1. The fraction of sp³-hybridized carbons (Fsp3) is 0.941. The number of hydrogen-bond donors (Lipinski definition) is 1. The number of aliphatic imine (C=N–C) groups is 1. The van der Waals surface area contributed by atoms with E-state index in [4.69, 9.17) is 5.73 Å². The van der Waals surface area contributed by atoms with Crippen molar-refractivity contribution < 1.29 is 0 Å². The minimum Gasteiger partial charge on any atom is -0.370 e. The van der Waals surface area contributed by atoms with E-state index in [1.165, 1.54) is 32.1 Å². The summed E-state index contributed by atoms with van der Waals surface area (Å²) in [7, 11) is 0. The summed E-state index contributed by atoms with van der Waals surface area (Å²) in [6, 6.07) is 0.507. The summed E-state index contributed by atoms with van der Waals surface area (Å²) in [6.45, 7) is 12.6. The number of hydrogen-bond acceptors (Lipinski definition) is 3. The third-order valence-corrected chi connectivity index (χ3v) is 5.70. The van der Waals surface area contributed by atoms with Gasteiger partial charge in [-0.2, -0.15) is 0 Å². The van der Waals surface area contributed by atoms with E-state index < -0.39 is 0 Å². The van der Waals surface area contributed by atoms with Crippen molar-refractivity contribution >= 4 is 5.96 Å². The standard InChI is InChI=1S/C17H33N3/c1-6-13(2)20-15(18)19-12-17(20)10-7-8-14(9-11-17)16(3,4)5/h13-14H,6-12H2,1-5H3,(H2,18,19). The molecule has 3 atom stereocenters. The first-order valence-corrected chi connectivity index (χ1v) is 8.39. The zero-order valence-electron chi connectivity index (χ0n) is 14.1. The molecule has 1 aliphatic carbocycles. The maximum Gasteiger partial charge on any atom is 0.192 e. The van der Waals surface area contributed by atoms with Gasteiger partial charge in [0.15, 0.2) is 5.96 Å². The first-order chi connectivity index (χ1) is 9.30. The minimum atomic E-state index is 0.222. The highest BCUT2D eigenvalue weighted by atomic mass is 15.4. The van der Waals surface area contributed by atoms with Gasteiger partial charge >= 0.3 is 0 Å². The number of nitrogens with two attached hydrogens (primary N) is 1. The first kappa shape index (κ1) is 15.7. The molecule has 1 aliphatic heterocycles. The molecule has 1 saturated carbocycles. The molecule has 0 amide bonds. The maximum absolute atomic E-state index is 6.21. The lowest BCUT2D eigenvalue weighted by Gasteiger charge is -2.43. The molecule has 0 saturated heterocycles. The highest BCUT2D eigenvalue weighted by Gasteiger charge is 2.45. The monoisotopic (exact) mass is 279 g/mol. The maximum atomic E-state index is 6.21. The molecule has 3 nitrogen and oxygen atoms in total. The molecule has 0 aromatic heterocycles. The average molecular weight is 279 g/mol. The van der Waals surface area contributed by atoms with Crippen molar-refractivity contribution in [3.05, 3.63) is 0 Å². The molecule has 0 aromatic rings. The summed E-state index contributed by atoms with van der Waals surface area (Å²) >= 11 is 0. The van der Waals surface area contributed by atoms with E-state index >= 15 is 0 Å². The Hall–Kier alpha value is -0.730. The van der Waals surface area contributed by atoms with E-state index in [1.54, 1.807) is 0 Å². The van der Waals surface area contributed by atoms with Gasteiger partial charge in [0.05, 0.1) is 12.1 Å². The fourth-order valence-corrected chi connectivity index (χ4v) is 4.15. The molecule has 116 valence electrons. The van der Waals surface area contributed by atoms with Crippen molar-refractivity contribution in [2.45, 2.75) is 84.7 Å². The van der Waals surface area contributed by atoms with Gasteiger partial charge < -0.3 is 10.6 Å². The molecule has 2 aliphatic rings. The Kier molecular flexibility index (Phi) is 4.36. The molecule has 1 heterocycles. The molecule has 20 heavy (non-hydrogen) atoms. The highest BCUT2D eigenvalue weighted by molar-refractivity contribution is 5.81. The molecule has 3 unspecified atom stereocenters. The number of rotatable bonds is 2. The quantitative estimate of drug-likeness (QED) is 0.835. The van der Waals surface area contributed by atoms with E-state index in [2.05, 4.69) is 44.5 Å². The van der Waals surface area contributed by atoms with Crippen molar-refractivity contribution in [2.75, 3.05) is 6.54 Å². The number of nitrogens with zero attached hydrogens (tertiary/aromatic N) is 2. The molecule has 0 aromatic carbocycles. The lowest BCUT2D eigenvalue weighted by Crippen LogP contribution is -2.55. The van der Waals surface area contributed by atoms with Crippen LogP contribution in [0.3, 0.4) is 0 Å². The SMILES string of the molecule is CCC(C)N1C(N)=NCC12CCCC(C(C)(C)C)CC2. The van der Waals surface area contributed by atoms with Crippen molar-refractivity contribution in [3.63, 3.8) is 0 Å². The molecule has 2 rings (SSSR count). The Morgan fingerprint density at radius 3 is 2.65 bits per heavy atom. The lowest BCUT2D eigenvalue weighted by atomic mass is 9.76.